The lowest BCUT2D eigenvalue weighted by Gasteiger charge is -2.40. The van der Waals surface area contributed by atoms with E-state index in [1.807, 2.05) is 12.1 Å². The Bertz CT molecular complexity index is 930. The van der Waals surface area contributed by atoms with Crippen LogP contribution in [-0.4, -0.2) is 76.1 Å². The van der Waals surface area contributed by atoms with Crippen molar-refractivity contribution in [1.82, 2.24) is 5.32 Å². The molecule has 9 nitrogen and oxygen atoms in total. The Morgan fingerprint density at radius 2 is 1.78 bits per heavy atom. The predicted molar refractivity (Wildman–Crippen MR) is 115 cm³/mol. The molecule has 1 heterocycles. The van der Waals surface area contributed by atoms with E-state index in [2.05, 4.69) is 5.32 Å². The fraction of sp³-hybridized carbons (Fsp3) is 0.435. The highest BCUT2D eigenvalue weighted by atomic mass is 16.5. The van der Waals surface area contributed by atoms with Gasteiger partial charge in [0.05, 0.1) is 19.3 Å². The molecule has 1 aliphatic rings. The second-order valence-electron chi connectivity index (χ2n) is 7.71. The molecule has 1 amide bonds. The fourth-order valence-electron chi connectivity index (χ4n) is 3.79. The normalized spacial score (nSPS) is 25.4. The van der Waals surface area contributed by atoms with Crippen LogP contribution in [0.3, 0.4) is 0 Å². The van der Waals surface area contributed by atoms with E-state index >= 15 is 0 Å². The van der Waals surface area contributed by atoms with Crippen LogP contribution in [0.4, 0.5) is 0 Å². The monoisotopic (exact) mass is 447 g/mol. The number of nitrogens with one attached hydrogen (secondary N) is 1. The summed E-state index contributed by atoms with van der Waals surface area (Å²) in [7, 11) is 1.56. The molecular formula is C23H29NO8. The van der Waals surface area contributed by atoms with Gasteiger partial charge >= 0.3 is 0 Å². The molecule has 5 atom stereocenters. The number of hydrogen-bond donors (Lipinski definition) is 6. The molecule has 3 rings (SSSR count). The summed E-state index contributed by atoms with van der Waals surface area (Å²) in [5, 5.41) is 53.7. The first kappa shape index (κ1) is 24.0. The second-order valence-corrected chi connectivity index (χ2v) is 7.71. The third-order valence-electron chi connectivity index (χ3n) is 5.57. The lowest BCUT2D eigenvalue weighted by atomic mass is 9.88. The van der Waals surface area contributed by atoms with Crippen LogP contribution in [0.2, 0.25) is 0 Å². The van der Waals surface area contributed by atoms with Crippen molar-refractivity contribution in [2.45, 2.75) is 43.9 Å². The summed E-state index contributed by atoms with van der Waals surface area (Å²) in [6.07, 6.45) is -6.51. The summed E-state index contributed by atoms with van der Waals surface area (Å²) in [6.45, 7) is 1.52. The SMILES string of the molecule is CCNC(=O)c1cc([C@@H]2O[C@H](CO)[C@@H](O)[C@H](O)[C@H]2O)cc(Cc2ccc(OC)cc2)c1O. The molecule has 0 aliphatic carbocycles. The van der Waals surface area contributed by atoms with Crippen LogP contribution >= 0.6 is 0 Å². The van der Waals surface area contributed by atoms with Crippen molar-refractivity contribution in [3.63, 3.8) is 0 Å². The van der Waals surface area contributed by atoms with Gasteiger partial charge < -0.3 is 40.3 Å². The number of hydrogen-bond acceptors (Lipinski definition) is 8. The van der Waals surface area contributed by atoms with Gasteiger partial charge in [-0.3, -0.25) is 4.79 Å². The zero-order valence-corrected chi connectivity index (χ0v) is 17.9. The minimum absolute atomic E-state index is 0.00942. The van der Waals surface area contributed by atoms with Gasteiger partial charge in [0.2, 0.25) is 0 Å². The van der Waals surface area contributed by atoms with Crippen LogP contribution in [0.1, 0.15) is 40.1 Å². The molecule has 32 heavy (non-hydrogen) atoms. The summed E-state index contributed by atoms with van der Waals surface area (Å²) in [5.74, 6) is -0.0383. The van der Waals surface area contributed by atoms with Crippen LogP contribution in [0.15, 0.2) is 36.4 Å². The molecule has 6 N–H and O–H groups in total. The topological polar surface area (TPSA) is 149 Å². The van der Waals surface area contributed by atoms with Gasteiger partial charge in [-0.25, -0.2) is 0 Å². The molecule has 2 aromatic rings. The van der Waals surface area contributed by atoms with Gasteiger partial charge in [-0.15, -0.1) is 0 Å². The smallest absolute Gasteiger partial charge is 0.255 e. The molecule has 0 spiro atoms. The van der Waals surface area contributed by atoms with Crippen molar-refractivity contribution >= 4 is 5.91 Å². The lowest BCUT2D eigenvalue weighted by molar-refractivity contribution is -0.231. The Labute approximate surface area is 185 Å². The number of aromatic hydroxyl groups is 1. The molecular weight excluding hydrogens is 418 g/mol. The van der Waals surface area contributed by atoms with Crippen molar-refractivity contribution < 1.29 is 39.8 Å². The maximum Gasteiger partial charge on any atom is 0.255 e. The Balaban J connectivity index is 2.04. The second kappa shape index (κ2) is 10.3. The quantitative estimate of drug-likeness (QED) is 0.354. The average molecular weight is 447 g/mol. The Morgan fingerprint density at radius 3 is 2.38 bits per heavy atom. The number of methoxy groups -OCH3 is 1. The average Bonchev–Trinajstić information content (AvgIpc) is 2.80. The van der Waals surface area contributed by atoms with Crippen LogP contribution in [0.25, 0.3) is 0 Å². The number of benzene rings is 2. The number of amides is 1. The van der Waals surface area contributed by atoms with Crippen molar-refractivity contribution in [3.8, 4) is 11.5 Å². The van der Waals surface area contributed by atoms with E-state index in [1.165, 1.54) is 6.07 Å². The van der Waals surface area contributed by atoms with Crippen molar-refractivity contribution in [2.24, 2.45) is 0 Å². The van der Waals surface area contributed by atoms with Crippen molar-refractivity contribution in [2.75, 3.05) is 20.3 Å². The summed E-state index contributed by atoms with van der Waals surface area (Å²) in [6, 6.07) is 10.2. The predicted octanol–water partition coefficient (Wildman–Crippen LogP) is 0.256. The number of aliphatic hydroxyl groups is 4. The number of phenols is 1. The first-order chi connectivity index (χ1) is 15.3. The number of ether oxygens (including phenoxy) is 2. The molecule has 0 aromatic heterocycles. The van der Waals surface area contributed by atoms with Gasteiger partial charge in [0, 0.05) is 13.0 Å². The Hall–Kier alpha value is -2.69. The molecule has 0 bridgehead atoms. The van der Waals surface area contributed by atoms with E-state index in [4.69, 9.17) is 9.47 Å². The van der Waals surface area contributed by atoms with Gasteiger partial charge in [-0.2, -0.15) is 0 Å². The number of aliphatic hydroxyl groups excluding tert-OH is 4. The zero-order valence-electron chi connectivity index (χ0n) is 17.9. The first-order valence-electron chi connectivity index (χ1n) is 10.4. The fourth-order valence-corrected chi connectivity index (χ4v) is 3.79. The van der Waals surface area contributed by atoms with E-state index < -0.39 is 43.0 Å². The third kappa shape index (κ3) is 4.87. The largest absolute Gasteiger partial charge is 0.507 e. The number of rotatable bonds is 7. The molecule has 0 saturated carbocycles. The van der Waals surface area contributed by atoms with E-state index in [9.17, 15) is 30.3 Å². The van der Waals surface area contributed by atoms with Crippen molar-refractivity contribution in [3.05, 3.63) is 58.7 Å². The highest BCUT2D eigenvalue weighted by Crippen LogP contribution is 2.36. The van der Waals surface area contributed by atoms with E-state index in [-0.39, 0.29) is 17.7 Å². The highest BCUT2D eigenvalue weighted by molar-refractivity contribution is 5.97. The molecule has 0 radical (unpaired) electrons. The highest BCUT2D eigenvalue weighted by Gasteiger charge is 2.44. The summed E-state index contributed by atoms with van der Waals surface area (Å²) >= 11 is 0. The van der Waals surface area contributed by atoms with Crippen LogP contribution < -0.4 is 10.1 Å². The maximum absolute atomic E-state index is 12.6. The first-order valence-corrected chi connectivity index (χ1v) is 10.4. The van der Waals surface area contributed by atoms with Crippen LogP contribution in [0, 0.1) is 0 Å². The van der Waals surface area contributed by atoms with E-state index in [1.54, 1.807) is 32.2 Å². The Morgan fingerprint density at radius 1 is 1.09 bits per heavy atom. The molecule has 1 aliphatic heterocycles. The zero-order chi connectivity index (χ0) is 23.4. The molecule has 2 aromatic carbocycles. The van der Waals surface area contributed by atoms with E-state index in [0.717, 1.165) is 5.56 Å². The van der Waals surface area contributed by atoms with Crippen LogP contribution in [-0.2, 0) is 11.2 Å². The molecule has 1 fully saturated rings. The lowest BCUT2D eigenvalue weighted by Crippen LogP contribution is -2.55. The van der Waals surface area contributed by atoms with Gasteiger partial charge in [-0.1, -0.05) is 12.1 Å². The van der Waals surface area contributed by atoms with Gasteiger partial charge in [-0.05, 0) is 47.9 Å². The maximum atomic E-state index is 12.6. The molecule has 0 unspecified atom stereocenters. The number of carbonyl (C=O) groups excluding carboxylic acids is 1. The standard InChI is InChI=1S/C23H29NO8/c1-3-24-23(30)16-10-14(22-21(29)20(28)19(27)17(11-25)32-22)9-13(18(16)26)8-12-4-6-15(31-2)7-5-12/h4-7,9-10,17,19-22,25-29H,3,8,11H2,1-2H3,(H,24,30)/t17-,19-,20+,21-,22+/m1/s1. The summed E-state index contributed by atoms with van der Waals surface area (Å²) in [5.41, 5.74) is 1.56. The molecule has 174 valence electrons. The van der Waals surface area contributed by atoms with Gasteiger partial charge in [0.1, 0.15) is 42.0 Å². The minimum atomic E-state index is -1.56. The summed E-state index contributed by atoms with van der Waals surface area (Å²) < 4.78 is 10.8. The van der Waals surface area contributed by atoms with Gasteiger partial charge in [0.25, 0.3) is 5.91 Å². The van der Waals surface area contributed by atoms with Crippen molar-refractivity contribution in [1.29, 1.82) is 0 Å². The van der Waals surface area contributed by atoms with Crippen LogP contribution in [0.5, 0.6) is 11.5 Å². The Kier molecular flexibility index (Phi) is 7.70. The number of phenolic OH excluding ortho intramolecular Hbond substituents is 1. The molecule has 1 saturated heterocycles. The summed E-state index contributed by atoms with van der Waals surface area (Å²) in [4.78, 5) is 12.6. The van der Waals surface area contributed by atoms with E-state index in [0.29, 0.717) is 23.4 Å². The third-order valence-corrected chi connectivity index (χ3v) is 5.57. The molecule has 9 heteroatoms. The number of carbonyl (C=O) groups is 1. The minimum Gasteiger partial charge on any atom is -0.507 e. The van der Waals surface area contributed by atoms with Gasteiger partial charge in [0.15, 0.2) is 0 Å².